The molecule has 2 unspecified atom stereocenters. The molecule has 3 heterocycles. The zero-order valence-corrected chi connectivity index (χ0v) is 23.2. The Hall–Kier alpha value is -4.30. The number of para-hydroxylation sites is 1. The average Bonchev–Trinajstić information content (AvgIpc) is 3.40. The van der Waals surface area contributed by atoms with Crippen LogP contribution >= 0.6 is 23.1 Å². The van der Waals surface area contributed by atoms with Crippen LogP contribution in [0, 0.1) is 17.6 Å². The fourth-order valence-corrected chi connectivity index (χ4v) is 8.08. The van der Waals surface area contributed by atoms with Gasteiger partial charge in [0.1, 0.15) is 23.4 Å². The molecule has 7 nitrogen and oxygen atoms in total. The van der Waals surface area contributed by atoms with Crippen LogP contribution in [0.2, 0.25) is 0 Å². The van der Waals surface area contributed by atoms with E-state index >= 15 is 0 Å². The van der Waals surface area contributed by atoms with Gasteiger partial charge >= 0.3 is 11.0 Å². The number of fused-ring (bicyclic) bond motifs is 2. The number of aromatic nitrogens is 1. The third kappa shape index (κ3) is 5.14. The summed E-state index contributed by atoms with van der Waals surface area (Å²) in [5.74, 6) is -5.14. The number of nitrogens with one attached hydrogen (secondary N) is 1. The van der Waals surface area contributed by atoms with Gasteiger partial charge in [-0.1, -0.05) is 47.4 Å². The number of carbonyl (C=O) groups is 3. The number of carbonyl (C=O) groups excluding carboxylic acids is 3. The van der Waals surface area contributed by atoms with Gasteiger partial charge in [-0.2, -0.15) is 13.2 Å². The normalized spacial score (nSPS) is 19.7. The molecule has 3 aromatic carbocycles. The Kier molecular flexibility index (Phi) is 7.21. The summed E-state index contributed by atoms with van der Waals surface area (Å²) < 4.78 is 68.8. The number of halogens is 5. The van der Waals surface area contributed by atoms with Crippen molar-refractivity contribution in [3.8, 4) is 0 Å². The Morgan fingerprint density at radius 2 is 1.49 bits per heavy atom. The lowest BCUT2D eigenvalue weighted by molar-refractivity contribution is -0.137. The molecule has 43 heavy (non-hydrogen) atoms. The molecular formula is C29H18F5N3O4S2. The number of rotatable bonds is 5. The molecule has 0 spiro atoms. The molecule has 1 saturated heterocycles. The van der Waals surface area contributed by atoms with E-state index in [4.69, 9.17) is 0 Å². The number of hydrogen-bond acceptors (Lipinski definition) is 6. The molecule has 1 aromatic heterocycles. The van der Waals surface area contributed by atoms with E-state index in [0.29, 0.717) is 10.4 Å². The van der Waals surface area contributed by atoms with Crippen LogP contribution < -0.4 is 15.1 Å². The summed E-state index contributed by atoms with van der Waals surface area (Å²) in [6, 6.07) is 14.4. The molecule has 3 amide bonds. The van der Waals surface area contributed by atoms with Gasteiger partial charge < -0.3 is 5.32 Å². The Labute approximate surface area is 247 Å². The molecule has 6 rings (SSSR count). The highest BCUT2D eigenvalue weighted by molar-refractivity contribution is 8.00. The van der Waals surface area contributed by atoms with E-state index in [0.717, 1.165) is 56.8 Å². The first-order valence-corrected chi connectivity index (χ1v) is 14.4. The number of thiazole rings is 1. The number of thioether (sulfide) groups is 1. The van der Waals surface area contributed by atoms with E-state index in [2.05, 4.69) is 5.32 Å². The Bertz CT molecular complexity index is 1820. The van der Waals surface area contributed by atoms with Crippen molar-refractivity contribution in [1.29, 1.82) is 0 Å². The highest BCUT2D eigenvalue weighted by atomic mass is 32.2. The summed E-state index contributed by atoms with van der Waals surface area (Å²) in [4.78, 5) is 54.2. The van der Waals surface area contributed by atoms with Gasteiger partial charge in [-0.15, -0.1) is 0 Å². The zero-order valence-electron chi connectivity index (χ0n) is 21.6. The standard InChI is InChI=1S/C29H18F5N3O4S2/c30-15-7-5-14(6-8-15)21-22-23(26(40)37(25(22)39)17-11-9-16(31)10-12-17)42-27-24(21)43-28(41)36(27)13-20(38)35-19-4-2-1-3-18(19)29(32,33)34/h1-12,21-23H,13H2,(H,35,38)/t21-,22?,23?/m1/s1. The Morgan fingerprint density at radius 3 is 2.14 bits per heavy atom. The largest absolute Gasteiger partial charge is 0.418 e. The van der Waals surface area contributed by atoms with Crippen LogP contribution in [0.4, 0.5) is 33.3 Å². The first-order chi connectivity index (χ1) is 20.4. The second-order valence-electron chi connectivity index (χ2n) is 9.80. The van der Waals surface area contributed by atoms with Crippen LogP contribution in [0.3, 0.4) is 0 Å². The summed E-state index contributed by atoms with van der Waals surface area (Å²) in [7, 11) is 0. The lowest BCUT2D eigenvalue weighted by atomic mass is 9.83. The van der Waals surface area contributed by atoms with E-state index in [1.807, 2.05) is 0 Å². The molecule has 0 radical (unpaired) electrons. The maximum absolute atomic E-state index is 13.8. The van der Waals surface area contributed by atoms with E-state index in [9.17, 15) is 41.1 Å². The monoisotopic (exact) mass is 631 g/mol. The van der Waals surface area contributed by atoms with Crippen molar-refractivity contribution in [2.24, 2.45) is 5.92 Å². The first kappa shape index (κ1) is 28.8. The minimum Gasteiger partial charge on any atom is -0.324 e. The number of benzene rings is 3. The minimum atomic E-state index is -4.73. The minimum absolute atomic E-state index is 0.146. The number of nitrogens with zero attached hydrogens (tertiary/aromatic N) is 2. The van der Waals surface area contributed by atoms with Gasteiger partial charge in [-0.3, -0.25) is 23.7 Å². The van der Waals surface area contributed by atoms with Gasteiger partial charge in [0, 0.05) is 10.8 Å². The van der Waals surface area contributed by atoms with E-state index in [-0.39, 0.29) is 10.7 Å². The van der Waals surface area contributed by atoms with Crippen LogP contribution in [0.15, 0.2) is 82.6 Å². The third-order valence-electron chi connectivity index (χ3n) is 7.17. The SMILES string of the molecule is O=C(Cn1c2c(sc1=O)[C@H](c1ccc(F)cc1)C1C(=O)N(c3ccc(F)cc3)C(=O)C1S2)Nc1ccccc1C(F)(F)F. The van der Waals surface area contributed by atoms with E-state index in [1.54, 1.807) is 0 Å². The molecule has 1 N–H and O–H groups in total. The smallest absolute Gasteiger partial charge is 0.324 e. The summed E-state index contributed by atoms with van der Waals surface area (Å²) in [5, 5.41) is 1.35. The highest BCUT2D eigenvalue weighted by Crippen LogP contribution is 2.53. The maximum atomic E-state index is 13.8. The molecule has 1 fully saturated rings. The molecule has 0 aliphatic carbocycles. The summed E-state index contributed by atoms with van der Waals surface area (Å²) in [5.41, 5.74) is -0.960. The van der Waals surface area contributed by atoms with Crippen molar-refractivity contribution in [1.82, 2.24) is 4.57 Å². The summed E-state index contributed by atoms with van der Waals surface area (Å²) >= 11 is 1.63. The number of anilines is 2. The number of amides is 3. The molecule has 14 heteroatoms. The predicted molar refractivity (Wildman–Crippen MR) is 149 cm³/mol. The molecule has 2 aliphatic rings. The Balaban J connectivity index is 1.39. The predicted octanol–water partition coefficient (Wildman–Crippen LogP) is 5.64. The number of imide groups is 1. The Morgan fingerprint density at radius 1 is 0.860 bits per heavy atom. The second kappa shape index (κ2) is 10.8. The highest BCUT2D eigenvalue weighted by Gasteiger charge is 2.56. The van der Waals surface area contributed by atoms with Gasteiger partial charge in [0.2, 0.25) is 17.7 Å². The van der Waals surface area contributed by atoms with Gasteiger partial charge in [-0.05, 0) is 54.1 Å². The van der Waals surface area contributed by atoms with Crippen molar-refractivity contribution in [2.45, 2.75) is 28.9 Å². The van der Waals surface area contributed by atoms with Crippen molar-refractivity contribution >= 4 is 52.2 Å². The van der Waals surface area contributed by atoms with Gasteiger partial charge in [0.05, 0.1) is 27.9 Å². The van der Waals surface area contributed by atoms with Crippen molar-refractivity contribution < 1.29 is 36.3 Å². The molecule has 3 atom stereocenters. The van der Waals surface area contributed by atoms with Gasteiger partial charge in [-0.25, -0.2) is 13.7 Å². The lowest BCUT2D eigenvalue weighted by Crippen LogP contribution is -2.33. The van der Waals surface area contributed by atoms with Crippen LogP contribution in [0.25, 0.3) is 0 Å². The average molecular weight is 632 g/mol. The zero-order chi connectivity index (χ0) is 30.6. The van der Waals surface area contributed by atoms with Crippen molar-refractivity contribution in [3.63, 3.8) is 0 Å². The van der Waals surface area contributed by atoms with Crippen LogP contribution in [0.1, 0.15) is 21.9 Å². The summed E-state index contributed by atoms with van der Waals surface area (Å²) in [6.45, 7) is -0.665. The molecule has 220 valence electrons. The molecule has 0 saturated carbocycles. The number of hydrogen-bond donors (Lipinski definition) is 1. The van der Waals surface area contributed by atoms with Crippen LogP contribution in [-0.4, -0.2) is 27.5 Å². The number of alkyl halides is 3. The maximum Gasteiger partial charge on any atom is 0.418 e. The van der Waals surface area contributed by atoms with Crippen molar-refractivity contribution in [2.75, 3.05) is 10.2 Å². The van der Waals surface area contributed by atoms with Crippen LogP contribution in [-0.2, 0) is 27.1 Å². The molecular weight excluding hydrogens is 613 g/mol. The third-order valence-corrected chi connectivity index (χ3v) is 9.78. The topological polar surface area (TPSA) is 88.5 Å². The quantitative estimate of drug-likeness (QED) is 0.228. The molecule has 0 bridgehead atoms. The second-order valence-corrected chi connectivity index (χ2v) is 11.9. The van der Waals surface area contributed by atoms with Crippen LogP contribution in [0.5, 0.6) is 0 Å². The first-order valence-electron chi connectivity index (χ1n) is 12.7. The molecule has 4 aromatic rings. The fraction of sp³-hybridized carbons (Fsp3) is 0.172. The van der Waals surface area contributed by atoms with E-state index in [1.165, 1.54) is 48.5 Å². The van der Waals surface area contributed by atoms with Gasteiger partial charge in [0.25, 0.3) is 0 Å². The van der Waals surface area contributed by atoms with Crippen molar-refractivity contribution in [3.05, 3.63) is 110 Å². The van der Waals surface area contributed by atoms with E-state index < -0.39 is 75.3 Å². The fourth-order valence-electron chi connectivity index (χ4n) is 5.30. The summed E-state index contributed by atoms with van der Waals surface area (Å²) in [6.07, 6.45) is -4.73. The molecule has 2 aliphatic heterocycles. The van der Waals surface area contributed by atoms with Gasteiger partial charge in [0.15, 0.2) is 0 Å². The lowest BCUT2D eigenvalue weighted by Gasteiger charge is -2.30.